The number of rotatable bonds is 5. The van der Waals surface area contributed by atoms with Crippen LogP contribution in [-0.2, 0) is 4.74 Å². The molecule has 1 N–H and O–H groups in total. The molecule has 0 unspecified atom stereocenters. The van der Waals surface area contributed by atoms with Gasteiger partial charge in [-0.2, -0.15) is 0 Å². The number of quaternary nitrogens is 1. The molecular weight excluding hydrogens is 180 g/mol. The Morgan fingerprint density at radius 1 is 1.21 bits per heavy atom. The molecule has 1 aliphatic heterocycles. The Bertz CT molecular complexity index is 156. The van der Waals surface area contributed by atoms with E-state index in [0.29, 0.717) is 0 Å². The van der Waals surface area contributed by atoms with Crippen molar-refractivity contribution in [1.29, 1.82) is 0 Å². The molecule has 1 heterocycles. The van der Waals surface area contributed by atoms with E-state index in [-0.39, 0.29) is 6.61 Å². The number of ether oxygens (including phenoxy) is 1. The fraction of sp³-hybridized carbons (Fsp3) is 1.00. The maximum absolute atomic E-state index is 8.89. The molecule has 0 amide bonds. The molecule has 0 radical (unpaired) electrons. The Labute approximate surface area is 86.7 Å². The van der Waals surface area contributed by atoms with Crippen LogP contribution < -0.4 is 0 Å². The highest BCUT2D eigenvalue weighted by molar-refractivity contribution is 4.60. The molecule has 0 saturated carbocycles. The second kappa shape index (κ2) is 5.66. The van der Waals surface area contributed by atoms with Crippen molar-refractivity contribution >= 4 is 0 Å². The van der Waals surface area contributed by atoms with Crippen LogP contribution in [0.2, 0.25) is 0 Å². The third-order valence-corrected chi connectivity index (χ3v) is 2.83. The topological polar surface area (TPSA) is 32.7 Å². The Morgan fingerprint density at radius 3 is 2.43 bits per heavy atom. The van der Waals surface area contributed by atoms with E-state index in [1.54, 1.807) is 0 Å². The fourth-order valence-corrected chi connectivity index (χ4v) is 1.62. The average Bonchev–Trinajstić information content (AvgIpc) is 2.17. The van der Waals surface area contributed by atoms with Gasteiger partial charge < -0.3 is 14.3 Å². The highest BCUT2D eigenvalue weighted by atomic mass is 16.5. The minimum atomic E-state index is 0.274. The van der Waals surface area contributed by atoms with Gasteiger partial charge in [-0.1, -0.05) is 0 Å². The van der Waals surface area contributed by atoms with Crippen molar-refractivity contribution in [2.75, 3.05) is 66.6 Å². The second-order valence-electron chi connectivity index (χ2n) is 4.56. The van der Waals surface area contributed by atoms with Crippen molar-refractivity contribution in [3.8, 4) is 0 Å². The zero-order chi connectivity index (χ0) is 10.4. The summed E-state index contributed by atoms with van der Waals surface area (Å²) in [6.07, 6.45) is 0. The lowest BCUT2D eigenvalue weighted by Crippen LogP contribution is -2.48. The first-order valence-electron chi connectivity index (χ1n) is 5.37. The molecule has 1 rings (SSSR count). The van der Waals surface area contributed by atoms with E-state index < -0.39 is 0 Å². The summed E-state index contributed by atoms with van der Waals surface area (Å²) in [6, 6.07) is 0. The third kappa shape index (κ3) is 4.37. The van der Waals surface area contributed by atoms with Gasteiger partial charge in [0, 0.05) is 19.6 Å². The normalized spacial score (nSPS) is 19.9. The van der Waals surface area contributed by atoms with Crippen LogP contribution >= 0.6 is 0 Å². The molecule has 0 aromatic carbocycles. The van der Waals surface area contributed by atoms with Crippen molar-refractivity contribution in [3.05, 3.63) is 0 Å². The zero-order valence-corrected chi connectivity index (χ0v) is 9.41. The van der Waals surface area contributed by atoms with Gasteiger partial charge in [0.25, 0.3) is 0 Å². The molecule has 0 spiro atoms. The summed E-state index contributed by atoms with van der Waals surface area (Å²) in [6.45, 7) is 7.16. The molecule has 0 aliphatic carbocycles. The number of hydrogen-bond acceptors (Lipinski definition) is 3. The number of morpholine rings is 1. The van der Waals surface area contributed by atoms with Gasteiger partial charge in [-0.3, -0.25) is 4.90 Å². The summed E-state index contributed by atoms with van der Waals surface area (Å²) in [5.41, 5.74) is 0. The highest BCUT2D eigenvalue weighted by Crippen LogP contribution is 2.00. The summed E-state index contributed by atoms with van der Waals surface area (Å²) >= 11 is 0. The van der Waals surface area contributed by atoms with Crippen LogP contribution in [0.1, 0.15) is 0 Å². The van der Waals surface area contributed by atoms with Crippen molar-refractivity contribution in [2.45, 2.75) is 0 Å². The third-order valence-electron chi connectivity index (χ3n) is 2.83. The number of aliphatic hydroxyl groups is 1. The lowest BCUT2D eigenvalue weighted by atomic mass is 10.3. The van der Waals surface area contributed by atoms with Gasteiger partial charge in [0.05, 0.1) is 40.5 Å². The number of hydrogen-bond donors (Lipinski definition) is 1. The average molecular weight is 203 g/mol. The maximum atomic E-state index is 8.89. The lowest BCUT2D eigenvalue weighted by molar-refractivity contribution is -0.890. The van der Waals surface area contributed by atoms with E-state index in [1.165, 1.54) is 0 Å². The first kappa shape index (κ1) is 11.9. The van der Waals surface area contributed by atoms with E-state index in [2.05, 4.69) is 19.0 Å². The SMILES string of the molecule is C[N+](C)(CCO)CCN1CCOCC1. The summed E-state index contributed by atoms with van der Waals surface area (Å²) < 4.78 is 6.19. The quantitative estimate of drug-likeness (QED) is 0.605. The van der Waals surface area contributed by atoms with Crippen LogP contribution in [0.5, 0.6) is 0 Å². The fourth-order valence-electron chi connectivity index (χ4n) is 1.62. The summed E-state index contributed by atoms with van der Waals surface area (Å²) in [5.74, 6) is 0. The number of likely N-dealkylation sites (N-methyl/N-ethyl adjacent to an activating group) is 1. The van der Waals surface area contributed by atoms with Crippen molar-refractivity contribution < 1.29 is 14.3 Å². The Hall–Kier alpha value is -0.160. The molecule has 4 heteroatoms. The van der Waals surface area contributed by atoms with Crippen LogP contribution in [0.3, 0.4) is 0 Å². The molecule has 1 saturated heterocycles. The van der Waals surface area contributed by atoms with Crippen LogP contribution in [0.15, 0.2) is 0 Å². The van der Waals surface area contributed by atoms with Crippen molar-refractivity contribution in [3.63, 3.8) is 0 Å². The first-order chi connectivity index (χ1) is 6.64. The Morgan fingerprint density at radius 2 is 1.86 bits per heavy atom. The second-order valence-corrected chi connectivity index (χ2v) is 4.56. The van der Waals surface area contributed by atoms with E-state index in [4.69, 9.17) is 9.84 Å². The lowest BCUT2D eigenvalue weighted by Gasteiger charge is -2.33. The largest absolute Gasteiger partial charge is 0.391 e. The molecule has 1 aliphatic rings. The summed E-state index contributed by atoms with van der Waals surface area (Å²) in [4.78, 5) is 2.43. The molecule has 0 bridgehead atoms. The molecule has 0 aromatic heterocycles. The Balaban J connectivity index is 2.17. The zero-order valence-electron chi connectivity index (χ0n) is 9.41. The van der Waals surface area contributed by atoms with Crippen molar-refractivity contribution in [2.24, 2.45) is 0 Å². The van der Waals surface area contributed by atoms with Crippen LogP contribution in [-0.4, -0.2) is 81.1 Å². The number of nitrogens with zero attached hydrogens (tertiary/aromatic N) is 2. The summed E-state index contributed by atoms with van der Waals surface area (Å²) in [5, 5.41) is 8.89. The minimum absolute atomic E-state index is 0.274. The van der Waals surface area contributed by atoms with E-state index in [1.807, 2.05) is 0 Å². The standard InChI is InChI=1S/C10H23N2O2/c1-12(2,7-8-13)6-3-11-4-9-14-10-5-11/h13H,3-10H2,1-2H3/q+1. The molecule has 84 valence electrons. The monoisotopic (exact) mass is 203 g/mol. The predicted octanol–water partition coefficient (Wildman–Crippen LogP) is -0.613. The van der Waals surface area contributed by atoms with Gasteiger partial charge in [-0.25, -0.2) is 0 Å². The Kier molecular flexibility index (Phi) is 4.81. The predicted molar refractivity (Wildman–Crippen MR) is 56.2 cm³/mol. The van der Waals surface area contributed by atoms with Gasteiger partial charge in [0.1, 0.15) is 6.54 Å². The van der Waals surface area contributed by atoms with Crippen molar-refractivity contribution in [1.82, 2.24) is 4.90 Å². The summed E-state index contributed by atoms with van der Waals surface area (Å²) in [7, 11) is 4.33. The molecule has 14 heavy (non-hydrogen) atoms. The molecular formula is C10H23N2O2+. The van der Waals surface area contributed by atoms with E-state index in [9.17, 15) is 0 Å². The van der Waals surface area contributed by atoms with Gasteiger partial charge >= 0.3 is 0 Å². The van der Waals surface area contributed by atoms with E-state index in [0.717, 1.165) is 50.4 Å². The van der Waals surface area contributed by atoms with Crippen LogP contribution in [0.4, 0.5) is 0 Å². The van der Waals surface area contributed by atoms with Gasteiger partial charge in [-0.05, 0) is 0 Å². The maximum Gasteiger partial charge on any atom is 0.102 e. The number of aliphatic hydroxyl groups excluding tert-OH is 1. The first-order valence-corrected chi connectivity index (χ1v) is 5.37. The highest BCUT2D eigenvalue weighted by Gasteiger charge is 2.17. The molecule has 4 nitrogen and oxygen atoms in total. The van der Waals surface area contributed by atoms with Crippen LogP contribution in [0.25, 0.3) is 0 Å². The van der Waals surface area contributed by atoms with E-state index >= 15 is 0 Å². The van der Waals surface area contributed by atoms with Gasteiger partial charge in [0.15, 0.2) is 0 Å². The molecule has 0 aromatic rings. The van der Waals surface area contributed by atoms with Gasteiger partial charge in [-0.15, -0.1) is 0 Å². The van der Waals surface area contributed by atoms with Gasteiger partial charge in [0.2, 0.25) is 0 Å². The molecule has 1 fully saturated rings. The molecule has 0 atom stereocenters. The minimum Gasteiger partial charge on any atom is -0.391 e. The smallest absolute Gasteiger partial charge is 0.102 e. The van der Waals surface area contributed by atoms with Crippen LogP contribution in [0, 0.1) is 0 Å².